The van der Waals surface area contributed by atoms with Crippen LogP contribution in [0, 0.1) is 11.3 Å². The summed E-state index contributed by atoms with van der Waals surface area (Å²) < 4.78 is 31.6. The summed E-state index contributed by atoms with van der Waals surface area (Å²) in [7, 11) is -3.34. The van der Waals surface area contributed by atoms with Crippen LogP contribution in [-0.2, 0) is 14.8 Å². The largest absolute Gasteiger partial charge is 0.388 e. The van der Waals surface area contributed by atoms with Gasteiger partial charge in [-0.3, -0.25) is 5.41 Å². The maximum Gasteiger partial charge on any atom is 0.216 e. The van der Waals surface area contributed by atoms with Gasteiger partial charge >= 0.3 is 0 Å². The Morgan fingerprint density at radius 2 is 2.21 bits per heavy atom. The first-order chi connectivity index (χ1) is 8.81. The fraction of sp³-hybridized carbons (Fsp3) is 0.917. The van der Waals surface area contributed by atoms with Gasteiger partial charge in [0.2, 0.25) is 10.0 Å². The number of rotatable bonds is 8. The van der Waals surface area contributed by atoms with Crippen LogP contribution in [-0.4, -0.2) is 50.1 Å². The third-order valence-electron chi connectivity index (χ3n) is 3.01. The van der Waals surface area contributed by atoms with Crippen LogP contribution in [0.2, 0.25) is 0 Å². The minimum atomic E-state index is -3.34. The van der Waals surface area contributed by atoms with Crippen molar-refractivity contribution in [1.29, 1.82) is 5.41 Å². The highest BCUT2D eigenvalue weighted by molar-refractivity contribution is 7.89. The molecule has 0 aromatic carbocycles. The Morgan fingerprint density at radius 1 is 1.53 bits per heavy atom. The van der Waals surface area contributed by atoms with Gasteiger partial charge in [-0.2, -0.15) is 0 Å². The van der Waals surface area contributed by atoms with Crippen molar-refractivity contribution in [2.24, 2.45) is 11.7 Å². The van der Waals surface area contributed by atoms with E-state index in [2.05, 4.69) is 0 Å². The molecular formula is C12H25N3O3S. The summed E-state index contributed by atoms with van der Waals surface area (Å²) in [6.07, 6.45) is 1.83. The van der Waals surface area contributed by atoms with Crippen molar-refractivity contribution in [3.63, 3.8) is 0 Å². The summed E-state index contributed by atoms with van der Waals surface area (Å²) in [5.74, 6) is 0.296. The molecule has 6 nitrogen and oxygen atoms in total. The molecule has 7 heteroatoms. The molecule has 1 rings (SSSR count). The molecule has 0 aromatic rings. The molecule has 0 amide bonds. The summed E-state index contributed by atoms with van der Waals surface area (Å²) >= 11 is 0. The number of hydrogen-bond acceptors (Lipinski definition) is 4. The number of nitrogens with one attached hydrogen (secondary N) is 1. The SMILES string of the molecule is CC(C)CN(CCC(=N)N)S(=O)(=O)CC1CCCO1. The Hall–Kier alpha value is -0.660. The van der Waals surface area contributed by atoms with Crippen LogP contribution in [0.4, 0.5) is 0 Å². The maximum atomic E-state index is 12.4. The minimum Gasteiger partial charge on any atom is -0.388 e. The Balaban J connectivity index is 2.66. The number of ether oxygens (including phenoxy) is 1. The lowest BCUT2D eigenvalue weighted by Crippen LogP contribution is -2.40. The zero-order valence-corrected chi connectivity index (χ0v) is 12.6. The minimum absolute atomic E-state index is 0.0149. The molecule has 1 heterocycles. The summed E-state index contributed by atoms with van der Waals surface area (Å²) in [6.45, 7) is 5.34. The van der Waals surface area contributed by atoms with Crippen LogP contribution in [0.5, 0.6) is 0 Å². The first-order valence-corrected chi connectivity index (χ1v) is 8.34. The van der Waals surface area contributed by atoms with Crippen LogP contribution < -0.4 is 5.73 Å². The van der Waals surface area contributed by atoms with E-state index in [0.29, 0.717) is 13.2 Å². The number of amidine groups is 1. The lowest BCUT2D eigenvalue weighted by molar-refractivity contribution is 0.126. The van der Waals surface area contributed by atoms with Gasteiger partial charge in [-0.15, -0.1) is 0 Å². The quantitative estimate of drug-likeness (QED) is 0.510. The van der Waals surface area contributed by atoms with Crippen LogP contribution in [0.25, 0.3) is 0 Å². The third-order valence-corrected chi connectivity index (χ3v) is 4.92. The van der Waals surface area contributed by atoms with Gasteiger partial charge in [0.15, 0.2) is 0 Å². The zero-order chi connectivity index (χ0) is 14.5. The van der Waals surface area contributed by atoms with Gasteiger partial charge in [0, 0.05) is 26.1 Å². The van der Waals surface area contributed by atoms with E-state index in [-0.39, 0.29) is 36.6 Å². The van der Waals surface area contributed by atoms with E-state index in [4.69, 9.17) is 15.9 Å². The highest BCUT2D eigenvalue weighted by Crippen LogP contribution is 2.17. The topological polar surface area (TPSA) is 96.5 Å². The van der Waals surface area contributed by atoms with Crippen molar-refractivity contribution in [1.82, 2.24) is 4.31 Å². The molecule has 1 aliphatic rings. The van der Waals surface area contributed by atoms with Gasteiger partial charge in [0.05, 0.1) is 17.7 Å². The second-order valence-electron chi connectivity index (χ2n) is 5.44. The Labute approximate surface area is 115 Å². The van der Waals surface area contributed by atoms with E-state index in [1.165, 1.54) is 4.31 Å². The smallest absolute Gasteiger partial charge is 0.216 e. The second kappa shape index (κ2) is 7.21. The highest BCUT2D eigenvalue weighted by atomic mass is 32.2. The molecule has 0 spiro atoms. The van der Waals surface area contributed by atoms with Gasteiger partial charge < -0.3 is 10.5 Å². The monoisotopic (exact) mass is 291 g/mol. The summed E-state index contributed by atoms with van der Waals surface area (Å²) in [4.78, 5) is 0. The van der Waals surface area contributed by atoms with Crippen molar-refractivity contribution in [2.45, 2.75) is 39.2 Å². The predicted octanol–water partition coefficient (Wildman–Crippen LogP) is 0.779. The van der Waals surface area contributed by atoms with Crippen LogP contribution in [0.15, 0.2) is 0 Å². The molecular weight excluding hydrogens is 266 g/mol. The molecule has 19 heavy (non-hydrogen) atoms. The van der Waals surface area contributed by atoms with E-state index in [1.54, 1.807) is 0 Å². The van der Waals surface area contributed by atoms with E-state index in [1.807, 2.05) is 13.8 Å². The first kappa shape index (κ1) is 16.4. The second-order valence-corrected chi connectivity index (χ2v) is 7.45. The van der Waals surface area contributed by atoms with Crippen molar-refractivity contribution in [3.05, 3.63) is 0 Å². The number of nitrogens with two attached hydrogens (primary N) is 1. The normalized spacial score (nSPS) is 20.3. The fourth-order valence-electron chi connectivity index (χ4n) is 2.11. The summed E-state index contributed by atoms with van der Waals surface area (Å²) in [5.41, 5.74) is 5.32. The number of hydrogen-bond donors (Lipinski definition) is 2. The highest BCUT2D eigenvalue weighted by Gasteiger charge is 2.28. The molecule has 0 aliphatic carbocycles. The lowest BCUT2D eigenvalue weighted by Gasteiger charge is -2.25. The first-order valence-electron chi connectivity index (χ1n) is 6.73. The molecule has 1 aliphatic heterocycles. The lowest BCUT2D eigenvalue weighted by atomic mass is 10.2. The fourth-order valence-corrected chi connectivity index (χ4v) is 3.95. The molecule has 0 radical (unpaired) electrons. The molecule has 1 unspecified atom stereocenters. The van der Waals surface area contributed by atoms with Crippen molar-refractivity contribution < 1.29 is 13.2 Å². The molecule has 1 fully saturated rings. The predicted molar refractivity (Wildman–Crippen MR) is 75.7 cm³/mol. The van der Waals surface area contributed by atoms with Crippen LogP contribution >= 0.6 is 0 Å². The zero-order valence-electron chi connectivity index (χ0n) is 11.8. The van der Waals surface area contributed by atoms with Crippen LogP contribution in [0.1, 0.15) is 33.1 Å². The third kappa shape index (κ3) is 5.88. The van der Waals surface area contributed by atoms with Gasteiger partial charge in [0.25, 0.3) is 0 Å². The van der Waals surface area contributed by atoms with Crippen molar-refractivity contribution >= 4 is 15.9 Å². The molecule has 3 N–H and O–H groups in total. The van der Waals surface area contributed by atoms with Crippen LogP contribution in [0.3, 0.4) is 0 Å². The van der Waals surface area contributed by atoms with Crippen molar-refractivity contribution in [3.8, 4) is 0 Å². The molecule has 0 saturated carbocycles. The summed E-state index contributed by atoms with van der Waals surface area (Å²) in [5, 5.41) is 7.23. The van der Waals surface area contributed by atoms with Gasteiger partial charge in [-0.05, 0) is 18.8 Å². The Bertz CT molecular complexity index is 389. The van der Waals surface area contributed by atoms with E-state index >= 15 is 0 Å². The number of sulfonamides is 1. The average molecular weight is 291 g/mol. The maximum absolute atomic E-state index is 12.4. The molecule has 1 atom stereocenters. The molecule has 0 aromatic heterocycles. The van der Waals surface area contributed by atoms with E-state index < -0.39 is 10.0 Å². The van der Waals surface area contributed by atoms with E-state index in [0.717, 1.165) is 12.8 Å². The molecule has 112 valence electrons. The average Bonchev–Trinajstić information content (AvgIpc) is 2.75. The molecule has 0 bridgehead atoms. The van der Waals surface area contributed by atoms with Gasteiger partial charge in [0.1, 0.15) is 0 Å². The van der Waals surface area contributed by atoms with Crippen molar-refractivity contribution in [2.75, 3.05) is 25.4 Å². The summed E-state index contributed by atoms with van der Waals surface area (Å²) in [6, 6.07) is 0. The Morgan fingerprint density at radius 3 is 2.68 bits per heavy atom. The Kier molecular flexibility index (Phi) is 6.22. The van der Waals surface area contributed by atoms with E-state index in [9.17, 15) is 8.42 Å². The standard InChI is InChI=1S/C12H25N3O3S/c1-10(2)8-15(6-5-12(13)14)19(16,17)9-11-4-3-7-18-11/h10-11H,3-9H2,1-2H3,(H3,13,14). The van der Waals surface area contributed by atoms with Gasteiger partial charge in [-0.1, -0.05) is 13.8 Å². The molecule has 1 saturated heterocycles. The number of nitrogens with zero attached hydrogens (tertiary/aromatic N) is 1. The van der Waals surface area contributed by atoms with Gasteiger partial charge in [-0.25, -0.2) is 12.7 Å².